The van der Waals surface area contributed by atoms with Crippen molar-refractivity contribution in [1.29, 1.82) is 0 Å². The summed E-state index contributed by atoms with van der Waals surface area (Å²) in [6, 6.07) is 3.17. The molecule has 0 amide bonds. The molecule has 0 atom stereocenters. The Morgan fingerprint density at radius 3 is 2.83 bits per heavy atom. The van der Waals surface area contributed by atoms with Gasteiger partial charge in [0.05, 0.1) is 11.7 Å². The van der Waals surface area contributed by atoms with Gasteiger partial charge < -0.3 is 4.74 Å². The normalized spacial score (nSPS) is 12.2. The lowest BCUT2D eigenvalue weighted by Crippen LogP contribution is -2.22. The van der Waals surface area contributed by atoms with Gasteiger partial charge in [-0.05, 0) is 19.0 Å². The van der Waals surface area contributed by atoms with Crippen molar-refractivity contribution in [1.82, 2.24) is 14.8 Å². The third-order valence-electron chi connectivity index (χ3n) is 2.98. The fraction of sp³-hybridized carbons (Fsp3) is 0.538. The molecule has 2 rings (SSSR count). The van der Waals surface area contributed by atoms with Gasteiger partial charge in [-0.25, -0.2) is 4.68 Å². The Morgan fingerprint density at radius 1 is 1.33 bits per heavy atom. The summed E-state index contributed by atoms with van der Waals surface area (Å²) in [7, 11) is -1.01. The smallest absolute Gasteiger partial charge is 0.139 e. The number of fused-ring (bicyclic) bond motifs is 1. The van der Waals surface area contributed by atoms with E-state index in [4.69, 9.17) is 4.74 Å². The molecule has 2 heterocycles. The molecular weight excluding hydrogens is 242 g/mol. The number of aryl methyl sites for hydroxylation is 1. The zero-order valence-electron chi connectivity index (χ0n) is 11.6. The molecule has 5 heteroatoms. The van der Waals surface area contributed by atoms with Crippen molar-refractivity contribution in [3.05, 3.63) is 24.2 Å². The zero-order chi connectivity index (χ0) is 13.2. The lowest BCUT2D eigenvalue weighted by Gasteiger charge is -2.15. The van der Waals surface area contributed by atoms with Crippen molar-refractivity contribution >= 4 is 19.0 Å². The maximum atomic E-state index is 5.72. The zero-order valence-corrected chi connectivity index (χ0v) is 12.6. The molecular formula is C13H21N3OSi. The van der Waals surface area contributed by atoms with Gasteiger partial charge in [-0.15, -0.1) is 0 Å². The number of pyridine rings is 1. The van der Waals surface area contributed by atoms with Crippen LogP contribution in [0.1, 0.15) is 5.69 Å². The molecule has 0 spiro atoms. The monoisotopic (exact) mass is 263 g/mol. The summed E-state index contributed by atoms with van der Waals surface area (Å²) in [6.45, 7) is 10.4. The summed E-state index contributed by atoms with van der Waals surface area (Å²) in [5, 5.41) is 5.46. The molecule has 0 aliphatic rings. The minimum atomic E-state index is -1.01. The van der Waals surface area contributed by atoms with E-state index in [9.17, 15) is 0 Å². The SMILES string of the molecule is Cc1nccc2c1cnn2COCC[Si](C)(C)C. The second-order valence-electron chi connectivity index (χ2n) is 5.82. The van der Waals surface area contributed by atoms with Gasteiger partial charge in [-0.2, -0.15) is 5.10 Å². The number of ether oxygens (including phenoxy) is 1. The van der Waals surface area contributed by atoms with E-state index in [-0.39, 0.29) is 0 Å². The number of hydrogen-bond donors (Lipinski definition) is 0. The Bertz CT molecular complexity index is 531. The van der Waals surface area contributed by atoms with E-state index in [1.165, 1.54) is 6.04 Å². The van der Waals surface area contributed by atoms with Gasteiger partial charge in [0.25, 0.3) is 0 Å². The molecule has 0 saturated heterocycles. The van der Waals surface area contributed by atoms with Crippen molar-refractivity contribution < 1.29 is 4.74 Å². The van der Waals surface area contributed by atoms with E-state index in [1.807, 2.05) is 30.1 Å². The molecule has 0 aliphatic carbocycles. The van der Waals surface area contributed by atoms with Crippen LogP contribution < -0.4 is 0 Å². The highest BCUT2D eigenvalue weighted by Crippen LogP contribution is 2.15. The Morgan fingerprint density at radius 2 is 2.11 bits per heavy atom. The van der Waals surface area contributed by atoms with Crippen molar-refractivity contribution in [2.24, 2.45) is 0 Å². The molecule has 0 aromatic carbocycles. The number of aromatic nitrogens is 3. The fourth-order valence-electron chi connectivity index (χ4n) is 1.77. The van der Waals surface area contributed by atoms with Gasteiger partial charge >= 0.3 is 0 Å². The van der Waals surface area contributed by atoms with Gasteiger partial charge in [0.15, 0.2) is 0 Å². The number of rotatable bonds is 5. The highest BCUT2D eigenvalue weighted by atomic mass is 28.3. The standard InChI is InChI=1S/C13H21N3OSi/c1-11-12-9-15-16(13(12)5-6-14-11)10-17-7-8-18(2,3)4/h5-6,9H,7-8,10H2,1-4H3. The highest BCUT2D eigenvalue weighted by Gasteiger charge is 2.12. The van der Waals surface area contributed by atoms with E-state index < -0.39 is 8.07 Å². The molecule has 4 nitrogen and oxygen atoms in total. The molecule has 18 heavy (non-hydrogen) atoms. The van der Waals surface area contributed by atoms with Crippen LogP contribution in [0.25, 0.3) is 10.9 Å². The van der Waals surface area contributed by atoms with Crippen LogP contribution in [0.3, 0.4) is 0 Å². The highest BCUT2D eigenvalue weighted by molar-refractivity contribution is 6.76. The van der Waals surface area contributed by atoms with E-state index in [2.05, 4.69) is 29.7 Å². The minimum absolute atomic E-state index is 0.525. The Labute approximate surface area is 109 Å². The van der Waals surface area contributed by atoms with Crippen LogP contribution in [0.5, 0.6) is 0 Å². The Hall–Kier alpha value is -1.20. The van der Waals surface area contributed by atoms with E-state index in [1.54, 1.807) is 0 Å². The maximum Gasteiger partial charge on any atom is 0.139 e. The van der Waals surface area contributed by atoms with Gasteiger partial charge in [0, 0.05) is 32.0 Å². The molecule has 2 aromatic rings. The average Bonchev–Trinajstić information content (AvgIpc) is 2.68. The van der Waals surface area contributed by atoms with Crippen LogP contribution in [0.4, 0.5) is 0 Å². The quantitative estimate of drug-likeness (QED) is 0.615. The summed E-state index contributed by atoms with van der Waals surface area (Å²) in [4.78, 5) is 4.26. The summed E-state index contributed by atoms with van der Waals surface area (Å²) >= 11 is 0. The Balaban J connectivity index is 1.98. The molecule has 0 radical (unpaired) electrons. The van der Waals surface area contributed by atoms with E-state index in [0.717, 1.165) is 23.2 Å². The summed E-state index contributed by atoms with van der Waals surface area (Å²) in [5.74, 6) is 0. The summed E-state index contributed by atoms with van der Waals surface area (Å²) in [5.41, 5.74) is 2.11. The summed E-state index contributed by atoms with van der Waals surface area (Å²) in [6.07, 6.45) is 3.68. The lowest BCUT2D eigenvalue weighted by atomic mass is 10.2. The van der Waals surface area contributed by atoms with E-state index in [0.29, 0.717) is 6.73 Å². The van der Waals surface area contributed by atoms with Crippen LogP contribution in [-0.4, -0.2) is 29.4 Å². The molecule has 0 aliphatic heterocycles. The fourth-order valence-corrected chi connectivity index (χ4v) is 2.53. The van der Waals surface area contributed by atoms with Crippen molar-refractivity contribution in [2.45, 2.75) is 39.3 Å². The first-order valence-electron chi connectivity index (χ1n) is 6.32. The van der Waals surface area contributed by atoms with E-state index >= 15 is 0 Å². The van der Waals surface area contributed by atoms with Crippen LogP contribution in [0.15, 0.2) is 18.5 Å². The van der Waals surface area contributed by atoms with Crippen LogP contribution >= 0.6 is 0 Å². The van der Waals surface area contributed by atoms with Crippen molar-refractivity contribution in [3.8, 4) is 0 Å². The number of hydrogen-bond acceptors (Lipinski definition) is 3. The molecule has 0 saturated carbocycles. The molecule has 0 bridgehead atoms. The van der Waals surface area contributed by atoms with Gasteiger partial charge in [-0.1, -0.05) is 19.6 Å². The first-order chi connectivity index (χ1) is 8.47. The maximum absolute atomic E-state index is 5.72. The van der Waals surface area contributed by atoms with Crippen LogP contribution in [0, 0.1) is 6.92 Å². The lowest BCUT2D eigenvalue weighted by molar-refractivity contribution is 0.0817. The van der Waals surface area contributed by atoms with Gasteiger partial charge in [-0.3, -0.25) is 4.98 Å². The second kappa shape index (κ2) is 5.20. The molecule has 0 N–H and O–H groups in total. The summed E-state index contributed by atoms with van der Waals surface area (Å²) < 4.78 is 7.61. The first-order valence-corrected chi connectivity index (χ1v) is 10.0. The van der Waals surface area contributed by atoms with Crippen LogP contribution in [-0.2, 0) is 11.5 Å². The average molecular weight is 263 g/mol. The van der Waals surface area contributed by atoms with Gasteiger partial charge in [0.1, 0.15) is 6.73 Å². The second-order valence-corrected chi connectivity index (χ2v) is 11.4. The topological polar surface area (TPSA) is 39.9 Å². The van der Waals surface area contributed by atoms with Crippen molar-refractivity contribution in [2.75, 3.05) is 6.61 Å². The first kappa shape index (κ1) is 13.2. The number of nitrogens with zero attached hydrogens (tertiary/aromatic N) is 3. The molecule has 98 valence electrons. The third kappa shape index (κ3) is 3.17. The third-order valence-corrected chi connectivity index (χ3v) is 4.68. The van der Waals surface area contributed by atoms with Crippen LogP contribution in [0.2, 0.25) is 25.7 Å². The molecule has 0 unspecified atom stereocenters. The molecule has 0 fully saturated rings. The van der Waals surface area contributed by atoms with Gasteiger partial charge in [0.2, 0.25) is 0 Å². The minimum Gasteiger partial charge on any atom is -0.360 e. The molecule has 2 aromatic heterocycles. The largest absolute Gasteiger partial charge is 0.360 e. The predicted molar refractivity (Wildman–Crippen MR) is 76.4 cm³/mol. The van der Waals surface area contributed by atoms with Crippen molar-refractivity contribution in [3.63, 3.8) is 0 Å². The Kier molecular flexibility index (Phi) is 3.82. The predicted octanol–water partition coefficient (Wildman–Crippen LogP) is 3.05.